The lowest BCUT2D eigenvalue weighted by atomic mass is 10.0. The number of benzene rings is 1. The molecule has 3 aromatic rings. The molecule has 0 spiro atoms. The molecule has 36 heavy (non-hydrogen) atoms. The molecule has 0 aliphatic rings. The minimum absolute atomic E-state index is 0.107. The van der Waals surface area contributed by atoms with Crippen molar-refractivity contribution >= 4 is 18.2 Å². The first-order valence-corrected chi connectivity index (χ1v) is 9.62. The molecule has 17 heteroatoms. The van der Waals surface area contributed by atoms with Crippen molar-refractivity contribution < 1.29 is 41.1 Å². The van der Waals surface area contributed by atoms with Gasteiger partial charge < -0.3 is 15.8 Å². The summed E-state index contributed by atoms with van der Waals surface area (Å²) in [5, 5.41) is 19.2. The van der Waals surface area contributed by atoms with Crippen molar-refractivity contribution in [2.45, 2.75) is 25.3 Å². The maximum absolute atomic E-state index is 13.1. The highest BCUT2D eigenvalue weighted by molar-refractivity contribution is 5.97. The smallest absolute Gasteiger partial charge is 0.410 e. The van der Waals surface area contributed by atoms with Crippen molar-refractivity contribution in [3.63, 3.8) is 0 Å². The molecule has 0 aliphatic carbocycles. The molecule has 0 saturated carbocycles. The molecule has 0 radical (unpaired) electrons. The minimum Gasteiger partial charge on any atom is -0.410 e. The first-order chi connectivity index (χ1) is 16.8. The number of halogens is 6. The van der Waals surface area contributed by atoms with Gasteiger partial charge in [0.1, 0.15) is 6.34 Å². The Bertz CT molecular complexity index is 1260. The molecule has 2 aromatic heterocycles. The van der Waals surface area contributed by atoms with Gasteiger partial charge in [-0.1, -0.05) is 5.16 Å². The third kappa shape index (κ3) is 5.91. The second-order valence-corrected chi connectivity index (χ2v) is 6.96. The third-order valence-electron chi connectivity index (χ3n) is 4.41. The SMILES string of the molecule is CC(NC(=O)c1cc(C(F)(F)F)cc(C(F)(F)F)c1)c1nc(C(=O)N/C=N/O)nn1-c1ncccn1. The van der Waals surface area contributed by atoms with E-state index in [1.54, 1.807) is 0 Å². The topological polar surface area (TPSA) is 147 Å². The van der Waals surface area contributed by atoms with Crippen LogP contribution in [0.5, 0.6) is 0 Å². The second kappa shape index (κ2) is 9.96. The predicted molar refractivity (Wildman–Crippen MR) is 107 cm³/mol. The van der Waals surface area contributed by atoms with Crippen LogP contribution in [0.2, 0.25) is 0 Å². The molecule has 2 amide bonds. The predicted octanol–water partition coefficient (Wildman–Crippen LogP) is 2.73. The van der Waals surface area contributed by atoms with Crippen molar-refractivity contribution in [1.82, 2.24) is 35.4 Å². The zero-order valence-electron chi connectivity index (χ0n) is 17.8. The van der Waals surface area contributed by atoms with Crippen LogP contribution in [0.15, 0.2) is 41.8 Å². The van der Waals surface area contributed by atoms with Gasteiger partial charge in [-0.2, -0.15) is 31.0 Å². The standard InChI is InChI=1S/C19H14F6N8O3/c1-9(30-15(34)10-5-11(18(20,21)22)7-12(6-10)19(23,24)25)14-31-13(16(35)28-8-29-36)32-33(14)17-26-3-2-4-27-17/h2-9,36H,1H3,(H,30,34)(H,28,29,35). The summed E-state index contributed by atoms with van der Waals surface area (Å²) in [4.78, 5) is 36.6. The molecule has 3 rings (SSSR count). The zero-order chi connectivity index (χ0) is 26.7. The van der Waals surface area contributed by atoms with E-state index in [9.17, 15) is 35.9 Å². The van der Waals surface area contributed by atoms with Crippen LogP contribution < -0.4 is 10.6 Å². The first-order valence-electron chi connectivity index (χ1n) is 9.62. The number of carbonyl (C=O) groups is 2. The van der Waals surface area contributed by atoms with Gasteiger partial charge in [0.05, 0.1) is 17.2 Å². The molecule has 0 saturated heterocycles. The summed E-state index contributed by atoms with van der Waals surface area (Å²) in [6.45, 7) is 1.29. The number of nitrogens with zero attached hydrogens (tertiary/aromatic N) is 6. The van der Waals surface area contributed by atoms with E-state index in [1.165, 1.54) is 25.4 Å². The fourth-order valence-corrected chi connectivity index (χ4v) is 2.83. The Hall–Kier alpha value is -4.57. The van der Waals surface area contributed by atoms with Crippen LogP contribution in [-0.2, 0) is 12.4 Å². The maximum atomic E-state index is 13.1. The van der Waals surface area contributed by atoms with Crippen LogP contribution in [0.25, 0.3) is 5.95 Å². The lowest BCUT2D eigenvalue weighted by molar-refractivity contribution is -0.143. The number of oxime groups is 1. The van der Waals surface area contributed by atoms with Crippen molar-refractivity contribution in [3.8, 4) is 5.95 Å². The first kappa shape index (κ1) is 26.0. The van der Waals surface area contributed by atoms with Gasteiger partial charge >= 0.3 is 12.4 Å². The van der Waals surface area contributed by atoms with Crippen molar-refractivity contribution in [2.24, 2.45) is 5.16 Å². The Kier molecular flexibility index (Phi) is 7.21. The third-order valence-corrected chi connectivity index (χ3v) is 4.41. The van der Waals surface area contributed by atoms with Crippen molar-refractivity contribution in [1.29, 1.82) is 0 Å². The molecule has 1 atom stereocenters. The lowest BCUT2D eigenvalue weighted by Crippen LogP contribution is -2.29. The number of hydrogen-bond donors (Lipinski definition) is 3. The molecule has 190 valence electrons. The average Bonchev–Trinajstić information content (AvgIpc) is 3.27. The van der Waals surface area contributed by atoms with Crippen LogP contribution >= 0.6 is 0 Å². The molecule has 11 nitrogen and oxygen atoms in total. The van der Waals surface area contributed by atoms with Crippen molar-refractivity contribution in [2.75, 3.05) is 0 Å². The summed E-state index contributed by atoms with van der Waals surface area (Å²) in [6.07, 6.45) is -7.04. The monoisotopic (exact) mass is 516 g/mol. The Morgan fingerprint density at radius 1 is 1.03 bits per heavy atom. The van der Waals surface area contributed by atoms with Crippen LogP contribution in [0.3, 0.4) is 0 Å². The molecule has 1 unspecified atom stereocenters. The van der Waals surface area contributed by atoms with Gasteiger partial charge in [-0.3, -0.25) is 9.59 Å². The minimum atomic E-state index is -5.15. The summed E-state index contributed by atoms with van der Waals surface area (Å²) < 4.78 is 79.8. The lowest BCUT2D eigenvalue weighted by Gasteiger charge is -2.16. The zero-order valence-corrected chi connectivity index (χ0v) is 17.8. The van der Waals surface area contributed by atoms with Crippen LogP contribution in [-0.4, -0.2) is 48.1 Å². The highest BCUT2D eigenvalue weighted by Gasteiger charge is 2.37. The number of nitrogens with one attached hydrogen (secondary N) is 2. The summed E-state index contributed by atoms with van der Waals surface area (Å²) in [7, 11) is 0. The second-order valence-electron chi connectivity index (χ2n) is 6.96. The van der Waals surface area contributed by atoms with E-state index in [1.807, 2.05) is 5.32 Å². The largest absolute Gasteiger partial charge is 0.416 e. The van der Waals surface area contributed by atoms with Gasteiger partial charge in [-0.05, 0) is 31.2 Å². The van der Waals surface area contributed by atoms with Gasteiger partial charge in [0.15, 0.2) is 5.82 Å². The Morgan fingerprint density at radius 3 is 2.14 bits per heavy atom. The number of hydrogen-bond acceptors (Lipinski definition) is 8. The fourth-order valence-electron chi connectivity index (χ4n) is 2.83. The molecule has 0 bridgehead atoms. The number of amides is 2. The van der Waals surface area contributed by atoms with E-state index < -0.39 is 52.7 Å². The summed E-state index contributed by atoms with van der Waals surface area (Å²) in [6, 6.07) is 0.683. The van der Waals surface area contributed by atoms with Gasteiger partial charge in [-0.25, -0.2) is 15.0 Å². The van der Waals surface area contributed by atoms with Gasteiger partial charge in [-0.15, -0.1) is 5.10 Å². The van der Waals surface area contributed by atoms with E-state index in [2.05, 4.69) is 30.5 Å². The Morgan fingerprint density at radius 2 is 1.61 bits per heavy atom. The molecule has 2 heterocycles. The maximum Gasteiger partial charge on any atom is 0.416 e. The van der Waals surface area contributed by atoms with E-state index in [-0.39, 0.29) is 30.0 Å². The molecule has 3 N–H and O–H groups in total. The van der Waals surface area contributed by atoms with Gasteiger partial charge in [0, 0.05) is 18.0 Å². The van der Waals surface area contributed by atoms with Crippen LogP contribution in [0.1, 0.15) is 50.9 Å². The molecular weight excluding hydrogens is 502 g/mol. The molecule has 0 aliphatic heterocycles. The molecule has 0 fully saturated rings. The van der Waals surface area contributed by atoms with Gasteiger partial charge in [0.2, 0.25) is 5.82 Å². The highest BCUT2D eigenvalue weighted by Crippen LogP contribution is 2.36. The number of aromatic nitrogens is 5. The van der Waals surface area contributed by atoms with E-state index in [0.29, 0.717) is 6.34 Å². The van der Waals surface area contributed by atoms with Crippen LogP contribution in [0, 0.1) is 0 Å². The fraction of sp³-hybridized carbons (Fsp3) is 0.211. The normalized spacial score (nSPS) is 13.0. The summed E-state index contributed by atoms with van der Waals surface area (Å²) >= 11 is 0. The highest BCUT2D eigenvalue weighted by atomic mass is 19.4. The van der Waals surface area contributed by atoms with Gasteiger partial charge in [0.25, 0.3) is 17.8 Å². The van der Waals surface area contributed by atoms with Crippen molar-refractivity contribution in [3.05, 3.63) is 65.0 Å². The van der Waals surface area contributed by atoms with Crippen LogP contribution in [0.4, 0.5) is 26.3 Å². The Labute approximate surface area is 196 Å². The average molecular weight is 516 g/mol. The Balaban J connectivity index is 1.99. The summed E-state index contributed by atoms with van der Waals surface area (Å²) in [5.74, 6) is -3.05. The number of carbonyl (C=O) groups excluding carboxylic acids is 2. The number of rotatable bonds is 6. The van der Waals surface area contributed by atoms with E-state index >= 15 is 0 Å². The van der Waals surface area contributed by atoms with E-state index in [4.69, 9.17) is 5.21 Å². The molecule has 1 aromatic carbocycles. The quantitative estimate of drug-likeness (QED) is 0.150. The van der Waals surface area contributed by atoms with E-state index in [0.717, 1.165) is 4.68 Å². The number of alkyl halides is 6. The molecular formula is C19H14F6N8O3. The summed E-state index contributed by atoms with van der Waals surface area (Å²) in [5.41, 5.74) is -4.25.